The van der Waals surface area contributed by atoms with Gasteiger partial charge in [0, 0.05) is 75.7 Å². The molecule has 0 bridgehead atoms. The maximum absolute atomic E-state index is 13.4. The summed E-state index contributed by atoms with van der Waals surface area (Å²) in [5.74, 6) is 0.986. The number of hydrogen-bond donors (Lipinski definition) is 2. The van der Waals surface area contributed by atoms with Gasteiger partial charge < -0.3 is 25.0 Å². The van der Waals surface area contributed by atoms with Gasteiger partial charge in [0.15, 0.2) is 0 Å². The third-order valence-corrected chi connectivity index (χ3v) is 8.62. The van der Waals surface area contributed by atoms with Gasteiger partial charge in [0.05, 0.1) is 24.4 Å². The molecule has 2 aliphatic heterocycles. The van der Waals surface area contributed by atoms with E-state index in [1.54, 1.807) is 21.0 Å². The molecule has 2 aromatic heterocycles. The minimum atomic E-state index is -1.01. The molecule has 0 saturated carbocycles. The Balaban J connectivity index is 1.41. The molecule has 204 valence electrons. The van der Waals surface area contributed by atoms with E-state index in [2.05, 4.69) is 27.2 Å². The largest absolute Gasteiger partial charge is 0.494 e. The van der Waals surface area contributed by atoms with Crippen LogP contribution in [0.4, 0.5) is 5.69 Å². The quantitative estimate of drug-likeness (QED) is 0.474. The van der Waals surface area contributed by atoms with Crippen molar-refractivity contribution in [1.29, 1.82) is 0 Å². The molecule has 2 aliphatic rings. The van der Waals surface area contributed by atoms with E-state index in [0.717, 1.165) is 86.8 Å². The molecule has 0 radical (unpaired) electrons. The van der Waals surface area contributed by atoms with E-state index in [9.17, 15) is 9.90 Å². The first kappa shape index (κ1) is 26.8. The van der Waals surface area contributed by atoms with Gasteiger partial charge in [-0.15, -0.1) is 11.3 Å². The first-order valence-corrected chi connectivity index (χ1v) is 14.3. The van der Waals surface area contributed by atoms with Crippen molar-refractivity contribution in [3.05, 3.63) is 46.5 Å². The fraction of sp³-hybridized carbons (Fsp3) is 0.536. The number of methoxy groups -OCH3 is 1. The van der Waals surface area contributed by atoms with Crippen LogP contribution >= 0.6 is 11.3 Å². The fourth-order valence-corrected chi connectivity index (χ4v) is 6.29. The predicted octanol–water partition coefficient (Wildman–Crippen LogP) is 3.00. The number of aliphatic hydroxyl groups is 1. The summed E-state index contributed by atoms with van der Waals surface area (Å²) in [7, 11) is 1.71. The lowest BCUT2D eigenvalue weighted by Crippen LogP contribution is -2.47. The molecule has 0 spiro atoms. The number of nitrogens with zero attached hydrogens (tertiary/aromatic N) is 5. The molecule has 4 heterocycles. The first-order valence-electron chi connectivity index (χ1n) is 13.4. The van der Waals surface area contributed by atoms with Gasteiger partial charge in [0.2, 0.25) is 5.91 Å². The summed E-state index contributed by atoms with van der Waals surface area (Å²) in [5.41, 5.74) is 1.83. The summed E-state index contributed by atoms with van der Waals surface area (Å²) < 4.78 is 5.76. The maximum Gasteiger partial charge on any atom is 0.224 e. The van der Waals surface area contributed by atoms with Crippen molar-refractivity contribution in [2.75, 3.05) is 64.4 Å². The van der Waals surface area contributed by atoms with E-state index in [4.69, 9.17) is 14.7 Å². The van der Waals surface area contributed by atoms with Crippen LogP contribution in [0.3, 0.4) is 0 Å². The number of fused-ring (bicyclic) bond motifs is 1. The van der Waals surface area contributed by atoms with Gasteiger partial charge in [-0.3, -0.25) is 14.7 Å². The lowest BCUT2D eigenvalue weighted by atomic mass is 10.1. The number of carbonyl (C=O) groups is 1. The third-order valence-electron chi connectivity index (χ3n) is 7.44. The summed E-state index contributed by atoms with van der Waals surface area (Å²) in [4.78, 5) is 29.6. The van der Waals surface area contributed by atoms with Gasteiger partial charge in [0.25, 0.3) is 0 Å². The van der Waals surface area contributed by atoms with Crippen molar-refractivity contribution in [3.63, 3.8) is 0 Å². The highest BCUT2D eigenvalue weighted by Crippen LogP contribution is 2.37. The molecule has 3 aromatic rings. The smallest absolute Gasteiger partial charge is 0.224 e. The van der Waals surface area contributed by atoms with Gasteiger partial charge in [-0.25, -0.2) is 4.98 Å². The summed E-state index contributed by atoms with van der Waals surface area (Å²) in [6.07, 6.45) is 3.15. The minimum absolute atomic E-state index is 0.141. The molecular formula is C28H38N6O3S. The van der Waals surface area contributed by atoms with Gasteiger partial charge in [-0.1, -0.05) is 6.07 Å². The van der Waals surface area contributed by atoms with Gasteiger partial charge in [-0.2, -0.15) is 0 Å². The van der Waals surface area contributed by atoms with Crippen LogP contribution in [0.25, 0.3) is 10.9 Å². The molecule has 1 atom stereocenters. The lowest BCUT2D eigenvalue weighted by Gasteiger charge is -2.33. The average molecular weight is 539 g/mol. The molecule has 5 rings (SSSR count). The highest BCUT2D eigenvalue weighted by atomic mass is 32.1. The Morgan fingerprint density at radius 2 is 1.97 bits per heavy atom. The lowest BCUT2D eigenvalue weighted by molar-refractivity contribution is -0.133. The Morgan fingerprint density at radius 1 is 1.16 bits per heavy atom. The van der Waals surface area contributed by atoms with E-state index >= 15 is 0 Å². The molecule has 9 nitrogen and oxygen atoms in total. The predicted molar refractivity (Wildman–Crippen MR) is 151 cm³/mol. The average Bonchev–Trinajstić information content (AvgIpc) is 3.31. The number of thiazole rings is 1. The van der Waals surface area contributed by atoms with Crippen molar-refractivity contribution in [2.45, 2.75) is 38.3 Å². The Kier molecular flexibility index (Phi) is 8.13. The highest BCUT2D eigenvalue weighted by Gasteiger charge is 2.32. The normalized spacial score (nSPS) is 18.4. The van der Waals surface area contributed by atoms with Gasteiger partial charge in [-0.05, 0) is 38.5 Å². The molecule has 1 unspecified atom stereocenters. The molecule has 1 amide bonds. The maximum atomic E-state index is 13.4. The van der Waals surface area contributed by atoms with E-state index in [1.807, 2.05) is 28.6 Å². The van der Waals surface area contributed by atoms with Crippen LogP contribution in [0.15, 0.2) is 35.8 Å². The van der Waals surface area contributed by atoms with Crippen molar-refractivity contribution in [3.8, 4) is 5.75 Å². The first-order chi connectivity index (χ1) is 18.3. The zero-order chi connectivity index (χ0) is 26.7. The number of carbonyl (C=O) groups excluding carboxylic acids is 1. The van der Waals surface area contributed by atoms with Crippen molar-refractivity contribution >= 4 is 33.8 Å². The molecule has 38 heavy (non-hydrogen) atoms. The van der Waals surface area contributed by atoms with Crippen LogP contribution in [0.1, 0.15) is 43.4 Å². The summed E-state index contributed by atoms with van der Waals surface area (Å²) >= 11 is 1.46. The Morgan fingerprint density at radius 3 is 2.71 bits per heavy atom. The number of hydrogen-bond acceptors (Lipinski definition) is 9. The second kappa shape index (κ2) is 11.5. The number of nitrogens with one attached hydrogen (secondary N) is 1. The highest BCUT2D eigenvalue weighted by molar-refractivity contribution is 7.09. The topological polar surface area (TPSA) is 94.1 Å². The van der Waals surface area contributed by atoms with Crippen LogP contribution in [-0.2, 0) is 10.4 Å². The number of benzene rings is 1. The van der Waals surface area contributed by atoms with Crippen molar-refractivity contribution in [1.82, 2.24) is 25.1 Å². The molecule has 2 fully saturated rings. The van der Waals surface area contributed by atoms with E-state index in [1.165, 1.54) is 11.3 Å². The second-order valence-electron chi connectivity index (χ2n) is 10.6. The molecule has 2 saturated heterocycles. The molecular weight excluding hydrogens is 500 g/mol. The number of amides is 1. The Bertz CT molecular complexity index is 1250. The summed E-state index contributed by atoms with van der Waals surface area (Å²) in [6.45, 7) is 9.92. The summed E-state index contributed by atoms with van der Waals surface area (Å²) in [5, 5.41) is 17.7. The third kappa shape index (κ3) is 5.78. The van der Waals surface area contributed by atoms with E-state index < -0.39 is 5.60 Å². The number of aromatic nitrogens is 2. The van der Waals surface area contributed by atoms with Crippen LogP contribution in [0.5, 0.6) is 5.75 Å². The van der Waals surface area contributed by atoms with Crippen molar-refractivity contribution in [2.24, 2.45) is 0 Å². The van der Waals surface area contributed by atoms with Crippen LogP contribution in [-0.4, -0.2) is 90.2 Å². The Labute approximate surface area is 228 Å². The SMILES string of the molecule is COc1ccc2cccnc2c1N1CCCN(C(CC(=O)N2CCNCC2)c2csc(C(C)(C)O)n2)CC1. The fourth-order valence-electron chi connectivity index (χ4n) is 5.40. The molecule has 10 heteroatoms. The van der Waals surface area contributed by atoms with Crippen LogP contribution in [0, 0.1) is 0 Å². The summed E-state index contributed by atoms with van der Waals surface area (Å²) in [6, 6.07) is 7.96. The van der Waals surface area contributed by atoms with Crippen LogP contribution in [0.2, 0.25) is 0 Å². The molecule has 2 N–H and O–H groups in total. The van der Waals surface area contributed by atoms with E-state index in [0.29, 0.717) is 11.4 Å². The zero-order valence-corrected chi connectivity index (χ0v) is 23.3. The Hall–Kier alpha value is -2.79. The van der Waals surface area contributed by atoms with Gasteiger partial charge in [0.1, 0.15) is 22.0 Å². The standard InChI is InChI=1S/C28H38N6O3S/c1-28(2,36)27-31-21(19-38-27)22(18-24(35)33-14-10-29-11-15-33)32-12-5-13-34(17-16-32)26-23(37-3)8-7-20-6-4-9-30-25(20)26/h4,6-9,19,22,29,36H,5,10-18H2,1-3H3. The second-order valence-corrected chi connectivity index (χ2v) is 11.4. The number of anilines is 1. The number of pyridine rings is 1. The zero-order valence-electron chi connectivity index (χ0n) is 22.5. The molecule has 0 aliphatic carbocycles. The van der Waals surface area contributed by atoms with Crippen LogP contribution < -0.4 is 15.0 Å². The number of piperazine rings is 1. The monoisotopic (exact) mass is 538 g/mol. The number of rotatable bonds is 7. The molecule has 1 aromatic carbocycles. The van der Waals surface area contributed by atoms with Crippen molar-refractivity contribution < 1.29 is 14.6 Å². The van der Waals surface area contributed by atoms with Gasteiger partial charge >= 0.3 is 0 Å². The number of ether oxygens (including phenoxy) is 1. The minimum Gasteiger partial charge on any atom is -0.494 e. The van der Waals surface area contributed by atoms with E-state index in [-0.39, 0.29) is 11.9 Å².